The van der Waals surface area contributed by atoms with E-state index in [1.54, 1.807) is 6.92 Å². The maximum atomic E-state index is 12.9. The summed E-state index contributed by atoms with van der Waals surface area (Å²) in [6.07, 6.45) is 4.27. The number of carbonyl (C=O) groups is 2. The minimum atomic E-state index is -1.06. The summed E-state index contributed by atoms with van der Waals surface area (Å²) in [6, 6.07) is 7.15. The molecule has 1 heterocycles. The van der Waals surface area contributed by atoms with Crippen molar-refractivity contribution >= 4 is 11.9 Å². The number of amides is 3. The van der Waals surface area contributed by atoms with Crippen molar-refractivity contribution in [3.8, 4) is 0 Å². The molecule has 2 N–H and O–H groups in total. The van der Waals surface area contributed by atoms with Gasteiger partial charge in [-0.3, -0.25) is 9.69 Å². The van der Waals surface area contributed by atoms with Crippen LogP contribution in [0, 0.1) is 6.92 Å². The Morgan fingerprint density at radius 1 is 1.17 bits per heavy atom. The van der Waals surface area contributed by atoms with Gasteiger partial charge in [-0.2, -0.15) is 0 Å². The van der Waals surface area contributed by atoms with Crippen LogP contribution in [0.5, 0.6) is 0 Å². The lowest BCUT2D eigenvalue weighted by atomic mass is 9.84. The van der Waals surface area contributed by atoms with Crippen molar-refractivity contribution < 1.29 is 14.7 Å². The van der Waals surface area contributed by atoms with E-state index in [0.717, 1.165) is 30.4 Å². The first-order chi connectivity index (χ1) is 10.9. The zero-order valence-electron chi connectivity index (χ0n) is 13.8. The number of carbonyl (C=O) groups excluding carboxylic acids is 2. The predicted octanol–water partition coefficient (Wildman–Crippen LogP) is 2.46. The van der Waals surface area contributed by atoms with Gasteiger partial charge in [0.1, 0.15) is 5.54 Å². The molecule has 1 aromatic carbocycles. The van der Waals surface area contributed by atoms with E-state index in [-0.39, 0.29) is 12.5 Å². The second kappa shape index (κ2) is 5.64. The van der Waals surface area contributed by atoms with Gasteiger partial charge in [-0.25, -0.2) is 4.79 Å². The smallest absolute Gasteiger partial charge is 0.325 e. The van der Waals surface area contributed by atoms with Gasteiger partial charge in [0.25, 0.3) is 5.91 Å². The number of imide groups is 1. The van der Waals surface area contributed by atoms with E-state index in [4.69, 9.17) is 0 Å². The first-order valence-electron chi connectivity index (χ1n) is 8.28. The zero-order valence-corrected chi connectivity index (χ0v) is 13.8. The van der Waals surface area contributed by atoms with Gasteiger partial charge >= 0.3 is 6.03 Å². The lowest BCUT2D eigenvalue weighted by molar-refractivity contribution is -0.134. The fourth-order valence-electron chi connectivity index (χ4n) is 3.82. The molecule has 0 aromatic heterocycles. The van der Waals surface area contributed by atoms with Gasteiger partial charge < -0.3 is 10.4 Å². The Morgan fingerprint density at radius 2 is 1.83 bits per heavy atom. The van der Waals surface area contributed by atoms with E-state index in [0.29, 0.717) is 12.8 Å². The van der Waals surface area contributed by atoms with Gasteiger partial charge in [0.05, 0.1) is 12.1 Å². The highest BCUT2D eigenvalue weighted by molar-refractivity contribution is 6.07. The van der Waals surface area contributed by atoms with Crippen LogP contribution in [-0.2, 0) is 10.3 Å². The molecule has 0 bridgehead atoms. The number of hydrogen-bond donors (Lipinski definition) is 2. The fraction of sp³-hybridized carbons (Fsp3) is 0.556. The van der Waals surface area contributed by atoms with Crippen LogP contribution in [-0.4, -0.2) is 34.1 Å². The number of aliphatic hydroxyl groups is 1. The van der Waals surface area contributed by atoms with E-state index < -0.39 is 17.2 Å². The second-order valence-electron chi connectivity index (χ2n) is 7.05. The molecule has 1 atom stereocenters. The summed E-state index contributed by atoms with van der Waals surface area (Å²) < 4.78 is 0. The van der Waals surface area contributed by atoms with Crippen molar-refractivity contribution in [1.29, 1.82) is 0 Å². The number of rotatable bonds is 3. The SMILES string of the molecule is Cc1ccccc1C1(C)NC(=O)N(CC2(O)CCCCC2)C1=O. The van der Waals surface area contributed by atoms with Crippen molar-refractivity contribution in [2.75, 3.05) is 6.54 Å². The number of benzene rings is 1. The average Bonchev–Trinajstić information content (AvgIpc) is 2.72. The van der Waals surface area contributed by atoms with Crippen LogP contribution in [0.25, 0.3) is 0 Å². The summed E-state index contributed by atoms with van der Waals surface area (Å²) in [5.41, 5.74) is -0.242. The van der Waals surface area contributed by atoms with Gasteiger partial charge in [-0.1, -0.05) is 43.5 Å². The van der Waals surface area contributed by atoms with Crippen molar-refractivity contribution in [3.63, 3.8) is 0 Å². The third-order valence-electron chi connectivity index (χ3n) is 5.20. The number of urea groups is 1. The molecular formula is C18H24N2O3. The monoisotopic (exact) mass is 316 g/mol. The van der Waals surface area contributed by atoms with E-state index in [2.05, 4.69) is 5.32 Å². The topological polar surface area (TPSA) is 69.6 Å². The van der Waals surface area contributed by atoms with Crippen molar-refractivity contribution in [2.45, 2.75) is 57.1 Å². The van der Waals surface area contributed by atoms with Gasteiger partial charge in [0.15, 0.2) is 0 Å². The molecular weight excluding hydrogens is 292 g/mol. The summed E-state index contributed by atoms with van der Waals surface area (Å²) in [4.78, 5) is 26.5. The molecule has 3 rings (SSSR count). The quantitative estimate of drug-likeness (QED) is 0.842. The van der Waals surface area contributed by atoms with Crippen LogP contribution >= 0.6 is 0 Å². The largest absolute Gasteiger partial charge is 0.388 e. The lowest BCUT2D eigenvalue weighted by Gasteiger charge is -2.34. The highest BCUT2D eigenvalue weighted by atomic mass is 16.3. The second-order valence-corrected chi connectivity index (χ2v) is 7.05. The fourth-order valence-corrected chi connectivity index (χ4v) is 3.82. The van der Waals surface area contributed by atoms with Crippen LogP contribution in [0.1, 0.15) is 50.2 Å². The molecule has 5 nitrogen and oxygen atoms in total. The molecule has 1 aromatic rings. The Kier molecular flexibility index (Phi) is 3.92. The molecule has 0 radical (unpaired) electrons. The molecule has 1 aliphatic heterocycles. The number of β-amino-alcohol motifs (C(OH)–C–C–N with tert-alkyl or cyclic N) is 1. The molecule has 1 unspecified atom stereocenters. The molecule has 1 saturated carbocycles. The van der Waals surface area contributed by atoms with Crippen LogP contribution in [0.3, 0.4) is 0 Å². The Balaban J connectivity index is 1.86. The Bertz CT molecular complexity index is 637. The minimum Gasteiger partial charge on any atom is -0.388 e. The average molecular weight is 316 g/mol. The Labute approximate surface area is 136 Å². The molecule has 2 fully saturated rings. The minimum absolute atomic E-state index is 0.0825. The molecule has 2 aliphatic rings. The van der Waals surface area contributed by atoms with Gasteiger partial charge in [0, 0.05) is 0 Å². The van der Waals surface area contributed by atoms with Crippen LogP contribution in [0.4, 0.5) is 4.79 Å². The van der Waals surface area contributed by atoms with Crippen LogP contribution in [0.2, 0.25) is 0 Å². The molecule has 3 amide bonds. The normalized spacial score (nSPS) is 27.2. The van der Waals surface area contributed by atoms with Crippen molar-refractivity contribution in [1.82, 2.24) is 10.2 Å². The summed E-state index contributed by atoms with van der Waals surface area (Å²) in [7, 11) is 0. The molecule has 1 saturated heterocycles. The predicted molar refractivity (Wildman–Crippen MR) is 86.8 cm³/mol. The maximum Gasteiger partial charge on any atom is 0.325 e. The van der Waals surface area contributed by atoms with E-state index in [9.17, 15) is 14.7 Å². The Morgan fingerprint density at radius 3 is 2.48 bits per heavy atom. The number of nitrogens with one attached hydrogen (secondary N) is 1. The number of hydrogen-bond acceptors (Lipinski definition) is 3. The standard InChI is InChI=1S/C18H24N2O3/c1-13-8-4-5-9-14(13)17(2)15(21)20(16(22)19-17)12-18(23)10-6-3-7-11-18/h4-5,8-9,23H,3,6-7,10-12H2,1-2H3,(H,19,22). The molecule has 124 valence electrons. The van der Waals surface area contributed by atoms with Gasteiger partial charge in [-0.05, 0) is 37.8 Å². The first kappa shape index (κ1) is 16.0. The van der Waals surface area contributed by atoms with E-state index in [1.807, 2.05) is 31.2 Å². The summed E-state index contributed by atoms with van der Waals surface area (Å²) in [6.45, 7) is 3.75. The molecule has 0 spiro atoms. The van der Waals surface area contributed by atoms with E-state index in [1.165, 1.54) is 4.90 Å². The Hall–Kier alpha value is -1.88. The number of nitrogens with zero attached hydrogens (tertiary/aromatic N) is 1. The highest BCUT2D eigenvalue weighted by Crippen LogP contribution is 2.34. The third kappa shape index (κ3) is 2.74. The summed E-state index contributed by atoms with van der Waals surface area (Å²) in [5, 5.41) is 13.5. The van der Waals surface area contributed by atoms with Crippen molar-refractivity contribution in [2.24, 2.45) is 0 Å². The van der Waals surface area contributed by atoms with Crippen LogP contribution in [0.15, 0.2) is 24.3 Å². The zero-order chi connectivity index (χ0) is 16.7. The first-order valence-corrected chi connectivity index (χ1v) is 8.28. The van der Waals surface area contributed by atoms with Crippen LogP contribution < -0.4 is 5.32 Å². The molecule has 5 heteroatoms. The number of aryl methyl sites for hydroxylation is 1. The van der Waals surface area contributed by atoms with Gasteiger partial charge in [-0.15, -0.1) is 0 Å². The summed E-state index contributed by atoms with van der Waals surface area (Å²) >= 11 is 0. The van der Waals surface area contributed by atoms with E-state index >= 15 is 0 Å². The lowest BCUT2D eigenvalue weighted by Crippen LogP contribution is -2.48. The molecule has 1 aliphatic carbocycles. The third-order valence-corrected chi connectivity index (χ3v) is 5.20. The summed E-state index contributed by atoms with van der Waals surface area (Å²) in [5.74, 6) is -0.282. The highest BCUT2D eigenvalue weighted by Gasteiger charge is 2.51. The van der Waals surface area contributed by atoms with Crippen molar-refractivity contribution in [3.05, 3.63) is 35.4 Å². The maximum absolute atomic E-state index is 12.9. The molecule has 23 heavy (non-hydrogen) atoms. The van der Waals surface area contributed by atoms with Gasteiger partial charge in [0.2, 0.25) is 0 Å².